The Morgan fingerprint density at radius 2 is 1.83 bits per heavy atom. The molecule has 4 aromatic rings. The number of nitrogens with one attached hydrogen (secondary N) is 1. The quantitative estimate of drug-likeness (QED) is 0.295. The molecule has 0 aliphatic rings. The lowest BCUT2D eigenvalue weighted by Gasteiger charge is -2.13. The third kappa shape index (κ3) is 5.37. The third-order valence-corrected chi connectivity index (χ3v) is 5.61. The van der Waals surface area contributed by atoms with Gasteiger partial charge in [0.15, 0.2) is 5.69 Å². The van der Waals surface area contributed by atoms with E-state index in [-0.39, 0.29) is 22.8 Å². The van der Waals surface area contributed by atoms with E-state index in [1.165, 1.54) is 12.1 Å². The fraction of sp³-hybridized carbons (Fsp3) is 0.240. The van der Waals surface area contributed by atoms with Gasteiger partial charge in [-0.1, -0.05) is 6.07 Å². The number of aryl methyl sites for hydroxylation is 4. The van der Waals surface area contributed by atoms with Gasteiger partial charge in [-0.3, -0.25) is 19.6 Å². The van der Waals surface area contributed by atoms with Gasteiger partial charge in [0.25, 0.3) is 11.6 Å². The summed E-state index contributed by atoms with van der Waals surface area (Å²) in [6, 6.07) is 11.6. The van der Waals surface area contributed by atoms with Crippen LogP contribution in [0.25, 0.3) is 0 Å². The van der Waals surface area contributed by atoms with Crippen LogP contribution in [0.4, 0.5) is 11.4 Å². The van der Waals surface area contributed by atoms with E-state index in [0.717, 1.165) is 28.1 Å². The molecule has 1 N–H and O–H groups in total. The van der Waals surface area contributed by atoms with Gasteiger partial charge in [-0.05, 0) is 69.5 Å². The Labute approximate surface area is 202 Å². The van der Waals surface area contributed by atoms with E-state index in [2.05, 4.69) is 15.5 Å². The molecule has 2 aromatic carbocycles. The molecule has 0 unspecified atom stereocenters. The van der Waals surface area contributed by atoms with Crippen molar-refractivity contribution in [3.05, 3.63) is 92.5 Å². The Morgan fingerprint density at radius 3 is 2.51 bits per heavy atom. The molecule has 0 atom stereocenters. The number of ether oxygens (including phenoxy) is 1. The van der Waals surface area contributed by atoms with Crippen molar-refractivity contribution in [3.8, 4) is 11.5 Å². The lowest BCUT2D eigenvalue weighted by molar-refractivity contribution is -0.384. The van der Waals surface area contributed by atoms with Gasteiger partial charge in [-0.2, -0.15) is 10.2 Å². The minimum atomic E-state index is -0.528. The molecular weight excluding hydrogens is 448 g/mol. The predicted octanol–water partition coefficient (Wildman–Crippen LogP) is 5.08. The second kappa shape index (κ2) is 9.41. The van der Waals surface area contributed by atoms with Crippen molar-refractivity contribution < 1.29 is 14.5 Å². The van der Waals surface area contributed by atoms with Crippen LogP contribution in [-0.4, -0.2) is 30.4 Å². The molecule has 180 valence electrons. The average molecular weight is 475 g/mol. The van der Waals surface area contributed by atoms with Crippen LogP contribution >= 0.6 is 0 Å². The fourth-order valence-corrected chi connectivity index (χ4v) is 3.77. The maximum atomic E-state index is 12.8. The van der Waals surface area contributed by atoms with Gasteiger partial charge in [-0.15, -0.1) is 0 Å². The third-order valence-electron chi connectivity index (χ3n) is 5.61. The number of nitro benzene ring substituents is 1. The SMILES string of the molecule is Cc1cc(C)c(C)c(Oc2cc(NC(=O)c3ccn(Cn4nc(C)cc4C)n3)cc([N+](=O)[O-])c2)c1. The largest absolute Gasteiger partial charge is 0.457 e. The van der Waals surface area contributed by atoms with Gasteiger partial charge in [0.2, 0.25) is 0 Å². The number of non-ortho nitro benzene ring substituents is 1. The Hall–Kier alpha value is -4.47. The number of aromatic nitrogens is 4. The Kier molecular flexibility index (Phi) is 6.37. The van der Waals surface area contributed by atoms with Crippen LogP contribution in [0.2, 0.25) is 0 Å². The first-order valence-electron chi connectivity index (χ1n) is 11.0. The molecule has 4 rings (SSSR count). The minimum absolute atomic E-state index is 0.172. The lowest BCUT2D eigenvalue weighted by Crippen LogP contribution is -2.15. The molecule has 0 radical (unpaired) electrons. The molecule has 10 heteroatoms. The van der Waals surface area contributed by atoms with E-state index in [9.17, 15) is 14.9 Å². The van der Waals surface area contributed by atoms with Crippen molar-refractivity contribution in [2.75, 3.05) is 5.32 Å². The Balaban J connectivity index is 1.55. The van der Waals surface area contributed by atoms with Gasteiger partial charge < -0.3 is 10.1 Å². The van der Waals surface area contributed by atoms with E-state index >= 15 is 0 Å². The number of nitrogens with zero attached hydrogens (tertiary/aromatic N) is 5. The van der Waals surface area contributed by atoms with Gasteiger partial charge in [0, 0.05) is 24.0 Å². The standard InChI is InChI=1S/C25H26N6O4/c1-15-8-16(2)19(5)24(9-15)35-22-12-20(11-21(13-22)31(33)34)26-25(32)23-6-7-29(28-23)14-30-18(4)10-17(3)27-30/h6-13H,14H2,1-5H3,(H,26,32). The van der Waals surface area contributed by atoms with Crippen molar-refractivity contribution in [1.29, 1.82) is 0 Å². The van der Waals surface area contributed by atoms with Gasteiger partial charge in [0.1, 0.15) is 18.2 Å². The number of benzene rings is 2. The normalized spacial score (nSPS) is 10.9. The number of hydrogen-bond acceptors (Lipinski definition) is 6. The van der Waals surface area contributed by atoms with Crippen LogP contribution in [0.5, 0.6) is 11.5 Å². The number of amides is 1. The lowest BCUT2D eigenvalue weighted by atomic mass is 10.1. The van der Waals surface area contributed by atoms with Crippen LogP contribution in [-0.2, 0) is 6.67 Å². The van der Waals surface area contributed by atoms with Crippen LogP contribution < -0.4 is 10.1 Å². The van der Waals surface area contributed by atoms with Crippen LogP contribution in [0.15, 0.2) is 48.7 Å². The number of carbonyl (C=O) groups excluding carboxylic acids is 1. The molecule has 0 saturated carbocycles. The van der Waals surface area contributed by atoms with E-state index in [1.807, 2.05) is 52.8 Å². The smallest absolute Gasteiger partial charge is 0.276 e. The summed E-state index contributed by atoms with van der Waals surface area (Å²) in [5, 5.41) is 22.9. The second-order valence-electron chi connectivity index (χ2n) is 8.54. The molecular formula is C25H26N6O4. The zero-order valence-electron chi connectivity index (χ0n) is 20.2. The van der Waals surface area contributed by atoms with Gasteiger partial charge in [-0.25, -0.2) is 4.68 Å². The molecule has 10 nitrogen and oxygen atoms in total. The maximum Gasteiger partial charge on any atom is 0.276 e. The summed E-state index contributed by atoms with van der Waals surface area (Å²) in [6.07, 6.45) is 1.68. The molecule has 0 aliphatic carbocycles. The van der Waals surface area contributed by atoms with E-state index in [0.29, 0.717) is 12.4 Å². The zero-order chi connectivity index (χ0) is 25.3. The summed E-state index contributed by atoms with van der Waals surface area (Å²) in [4.78, 5) is 23.8. The predicted molar refractivity (Wildman–Crippen MR) is 131 cm³/mol. The van der Waals surface area contributed by atoms with Crippen LogP contribution in [0.1, 0.15) is 38.6 Å². The molecule has 2 aromatic heterocycles. The highest BCUT2D eigenvalue weighted by atomic mass is 16.6. The van der Waals surface area contributed by atoms with Crippen LogP contribution in [0, 0.1) is 44.7 Å². The number of hydrogen-bond donors (Lipinski definition) is 1. The monoisotopic (exact) mass is 474 g/mol. The van der Waals surface area contributed by atoms with E-state index < -0.39 is 10.8 Å². The van der Waals surface area contributed by atoms with Crippen molar-refractivity contribution in [3.63, 3.8) is 0 Å². The summed E-state index contributed by atoms with van der Waals surface area (Å²) >= 11 is 0. The molecule has 35 heavy (non-hydrogen) atoms. The second-order valence-corrected chi connectivity index (χ2v) is 8.54. The minimum Gasteiger partial charge on any atom is -0.457 e. The number of rotatable bonds is 7. The van der Waals surface area contributed by atoms with Crippen LogP contribution in [0.3, 0.4) is 0 Å². The zero-order valence-corrected chi connectivity index (χ0v) is 20.2. The van der Waals surface area contributed by atoms with Gasteiger partial charge in [0.05, 0.1) is 22.4 Å². The first-order chi connectivity index (χ1) is 16.6. The van der Waals surface area contributed by atoms with E-state index in [1.54, 1.807) is 27.7 Å². The molecule has 2 heterocycles. The topological polar surface area (TPSA) is 117 Å². The first-order valence-corrected chi connectivity index (χ1v) is 11.0. The summed E-state index contributed by atoms with van der Waals surface area (Å²) in [6.45, 7) is 10.1. The summed E-state index contributed by atoms with van der Waals surface area (Å²) in [7, 11) is 0. The molecule has 0 aliphatic heterocycles. The number of nitro groups is 1. The molecule has 0 fully saturated rings. The maximum absolute atomic E-state index is 12.8. The number of anilines is 1. The molecule has 0 bridgehead atoms. The summed E-state index contributed by atoms with van der Waals surface area (Å²) in [5.74, 6) is 0.354. The van der Waals surface area contributed by atoms with Gasteiger partial charge >= 0.3 is 0 Å². The highest BCUT2D eigenvalue weighted by Gasteiger charge is 2.16. The highest BCUT2D eigenvalue weighted by Crippen LogP contribution is 2.33. The highest BCUT2D eigenvalue weighted by molar-refractivity contribution is 6.03. The average Bonchev–Trinajstić information content (AvgIpc) is 3.37. The number of carbonyl (C=O) groups is 1. The van der Waals surface area contributed by atoms with Crippen molar-refractivity contribution in [1.82, 2.24) is 19.6 Å². The molecule has 1 amide bonds. The molecule has 0 saturated heterocycles. The Morgan fingerprint density at radius 1 is 1.06 bits per heavy atom. The van der Waals surface area contributed by atoms with Crippen molar-refractivity contribution >= 4 is 17.3 Å². The molecule has 0 spiro atoms. The summed E-state index contributed by atoms with van der Waals surface area (Å²) in [5.41, 5.74) is 5.07. The first kappa shape index (κ1) is 23.7. The Bertz CT molecular complexity index is 1440. The fourth-order valence-electron chi connectivity index (χ4n) is 3.77. The summed E-state index contributed by atoms with van der Waals surface area (Å²) < 4.78 is 9.37. The van der Waals surface area contributed by atoms with Crippen molar-refractivity contribution in [2.24, 2.45) is 0 Å². The van der Waals surface area contributed by atoms with E-state index in [4.69, 9.17) is 4.74 Å². The van der Waals surface area contributed by atoms with Crippen molar-refractivity contribution in [2.45, 2.75) is 41.3 Å².